The summed E-state index contributed by atoms with van der Waals surface area (Å²) in [6.45, 7) is 14.1. The van der Waals surface area contributed by atoms with E-state index in [2.05, 4.69) is 31.0 Å². The maximum atomic E-state index is 12.8. The highest BCUT2D eigenvalue weighted by atomic mass is 16.6. The molecule has 0 aliphatic carbocycles. The smallest absolute Gasteiger partial charge is 0.407 e. The minimum Gasteiger partial charge on any atom is -0.444 e. The Labute approximate surface area is 178 Å². The Balaban J connectivity index is 1.80. The van der Waals surface area contributed by atoms with Crippen molar-refractivity contribution in [2.45, 2.75) is 72.6 Å². The molecular formula is C22H35N5O3. The van der Waals surface area contributed by atoms with Gasteiger partial charge in [-0.1, -0.05) is 20.8 Å². The average Bonchev–Trinajstić information content (AvgIpc) is 2.83. The first-order valence-corrected chi connectivity index (χ1v) is 10.6. The molecule has 1 atom stereocenters. The van der Waals surface area contributed by atoms with Gasteiger partial charge in [-0.15, -0.1) is 0 Å². The first-order chi connectivity index (χ1) is 13.8. The third kappa shape index (κ3) is 5.15. The van der Waals surface area contributed by atoms with Crippen LogP contribution in [0.2, 0.25) is 0 Å². The second-order valence-corrected chi connectivity index (χ2v) is 10.4. The van der Waals surface area contributed by atoms with Gasteiger partial charge in [-0.2, -0.15) is 0 Å². The fraction of sp³-hybridized carbons (Fsp3) is 0.682. The van der Waals surface area contributed by atoms with Gasteiger partial charge in [0.2, 0.25) is 0 Å². The summed E-state index contributed by atoms with van der Waals surface area (Å²) in [5.74, 6) is 0.821. The number of aromatic nitrogens is 3. The molecule has 2 aromatic heterocycles. The van der Waals surface area contributed by atoms with Crippen molar-refractivity contribution in [2.75, 3.05) is 18.0 Å². The van der Waals surface area contributed by atoms with Crippen LogP contribution in [0.5, 0.6) is 0 Å². The molecule has 0 bridgehead atoms. The molecule has 1 aliphatic heterocycles. The highest BCUT2D eigenvalue weighted by molar-refractivity contribution is 5.74. The number of piperidine rings is 1. The highest BCUT2D eigenvalue weighted by Crippen LogP contribution is 2.23. The fourth-order valence-corrected chi connectivity index (χ4v) is 3.84. The zero-order valence-corrected chi connectivity index (χ0v) is 19.3. The number of nitrogens with zero attached hydrogens (tertiary/aromatic N) is 4. The molecule has 1 fully saturated rings. The number of hydrogen-bond acceptors (Lipinski definition) is 5. The second-order valence-electron chi connectivity index (χ2n) is 10.4. The maximum absolute atomic E-state index is 12.8. The lowest BCUT2D eigenvalue weighted by Crippen LogP contribution is -2.49. The number of rotatable bonds is 3. The minimum atomic E-state index is -0.518. The van der Waals surface area contributed by atoms with Crippen LogP contribution in [0.25, 0.3) is 11.2 Å². The maximum Gasteiger partial charge on any atom is 0.407 e. The highest BCUT2D eigenvalue weighted by Gasteiger charge is 2.26. The molecule has 30 heavy (non-hydrogen) atoms. The number of aryl methyl sites for hydroxylation is 1. The van der Waals surface area contributed by atoms with Gasteiger partial charge in [0.15, 0.2) is 5.65 Å². The van der Waals surface area contributed by atoms with Gasteiger partial charge in [-0.05, 0) is 51.2 Å². The molecule has 0 spiro atoms. The molecule has 166 valence electrons. The molecule has 8 nitrogen and oxygen atoms in total. The molecule has 1 saturated heterocycles. The number of ether oxygens (including phenoxy) is 1. The van der Waals surface area contributed by atoms with Crippen molar-refractivity contribution < 1.29 is 9.53 Å². The van der Waals surface area contributed by atoms with E-state index in [9.17, 15) is 9.59 Å². The monoisotopic (exact) mass is 417 g/mol. The van der Waals surface area contributed by atoms with Crippen molar-refractivity contribution in [1.82, 2.24) is 19.4 Å². The zero-order chi connectivity index (χ0) is 22.3. The topological polar surface area (TPSA) is 81.4 Å². The van der Waals surface area contributed by atoms with Gasteiger partial charge in [-0.3, -0.25) is 9.13 Å². The molecule has 0 radical (unpaired) electrons. The number of amides is 1. The van der Waals surface area contributed by atoms with E-state index in [1.54, 1.807) is 16.2 Å². The van der Waals surface area contributed by atoms with Crippen molar-refractivity contribution in [1.29, 1.82) is 0 Å². The number of nitrogens with one attached hydrogen (secondary N) is 1. The number of pyridine rings is 1. The lowest BCUT2D eigenvalue weighted by atomic mass is 9.97. The molecule has 1 aliphatic rings. The zero-order valence-electron chi connectivity index (χ0n) is 19.3. The van der Waals surface area contributed by atoms with Crippen LogP contribution < -0.4 is 15.9 Å². The quantitative estimate of drug-likeness (QED) is 0.829. The Morgan fingerprint density at radius 2 is 1.93 bits per heavy atom. The van der Waals surface area contributed by atoms with Crippen LogP contribution in [0.3, 0.4) is 0 Å². The number of imidazole rings is 1. The van der Waals surface area contributed by atoms with Crippen LogP contribution in [0.15, 0.2) is 16.9 Å². The molecule has 0 aromatic carbocycles. The van der Waals surface area contributed by atoms with E-state index >= 15 is 0 Å². The third-order valence-electron chi connectivity index (χ3n) is 5.06. The lowest BCUT2D eigenvalue weighted by molar-refractivity contribution is 0.0500. The van der Waals surface area contributed by atoms with Crippen molar-refractivity contribution in [3.8, 4) is 0 Å². The summed E-state index contributed by atoms with van der Waals surface area (Å²) >= 11 is 0. The number of hydrogen-bond donors (Lipinski definition) is 1. The number of fused-ring (bicyclic) bond motifs is 1. The number of alkyl carbamates (subject to hydrolysis) is 1. The van der Waals surface area contributed by atoms with E-state index in [4.69, 9.17) is 9.72 Å². The fourth-order valence-electron chi connectivity index (χ4n) is 3.84. The van der Waals surface area contributed by atoms with Gasteiger partial charge in [0.05, 0.1) is 5.52 Å². The molecular weight excluding hydrogens is 382 g/mol. The minimum absolute atomic E-state index is 0.000375. The van der Waals surface area contributed by atoms with E-state index in [1.165, 1.54) is 0 Å². The summed E-state index contributed by atoms with van der Waals surface area (Å²) in [6, 6.07) is 3.95. The van der Waals surface area contributed by atoms with Gasteiger partial charge < -0.3 is 15.0 Å². The molecule has 8 heteroatoms. The Bertz CT molecular complexity index is 978. The Hall–Kier alpha value is -2.51. The van der Waals surface area contributed by atoms with Gasteiger partial charge in [-0.25, -0.2) is 14.6 Å². The summed E-state index contributed by atoms with van der Waals surface area (Å²) < 4.78 is 8.80. The summed E-state index contributed by atoms with van der Waals surface area (Å²) in [5.41, 5.74) is 0.957. The third-order valence-corrected chi connectivity index (χ3v) is 5.06. The van der Waals surface area contributed by atoms with Gasteiger partial charge in [0.1, 0.15) is 11.4 Å². The molecule has 0 unspecified atom stereocenters. The van der Waals surface area contributed by atoms with Crippen LogP contribution in [-0.4, -0.2) is 44.9 Å². The summed E-state index contributed by atoms with van der Waals surface area (Å²) in [6.07, 6.45) is 1.46. The van der Waals surface area contributed by atoms with Gasteiger partial charge in [0.25, 0.3) is 0 Å². The molecule has 3 rings (SSSR count). The van der Waals surface area contributed by atoms with Crippen molar-refractivity contribution in [2.24, 2.45) is 12.5 Å². The molecule has 1 N–H and O–H groups in total. The normalized spacial score (nSPS) is 18.0. The van der Waals surface area contributed by atoms with Crippen LogP contribution in [0.1, 0.15) is 54.4 Å². The Morgan fingerprint density at radius 1 is 1.23 bits per heavy atom. The van der Waals surface area contributed by atoms with Crippen LogP contribution in [0, 0.1) is 5.41 Å². The van der Waals surface area contributed by atoms with Crippen LogP contribution >= 0.6 is 0 Å². The van der Waals surface area contributed by atoms with E-state index in [0.29, 0.717) is 18.7 Å². The predicted molar refractivity (Wildman–Crippen MR) is 119 cm³/mol. The van der Waals surface area contributed by atoms with Crippen LogP contribution in [0.4, 0.5) is 10.6 Å². The van der Waals surface area contributed by atoms with Gasteiger partial charge >= 0.3 is 11.8 Å². The van der Waals surface area contributed by atoms with Crippen molar-refractivity contribution in [3.63, 3.8) is 0 Å². The second kappa shape index (κ2) is 7.96. The number of carbonyl (C=O) groups excluding carboxylic acids is 1. The molecule has 3 heterocycles. The largest absolute Gasteiger partial charge is 0.444 e. The van der Waals surface area contributed by atoms with Crippen LogP contribution in [-0.2, 0) is 18.3 Å². The number of carbonyl (C=O) groups is 1. The average molecular weight is 418 g/mol. The first kappa shape index (κ1) is 22.2. The SMILES string of the molecule is Cn1c(=O)n(CC(C)(C)C)c2ccc(N3CCC[C@@H](NC(=O)OC(C)(C)C)C3)nc21. The Kier molecular flexibility index (Phi) is 5.89. The molecule has 0 saturated carbocycles. The van der Waals surface area contributed by atoms with E-state index in [0.717, 1.165) is 30.7 Å². The lowest BCUT2D eigenvalue weighted by Gasteiger charge is -2.34. The van der Waals surface area contributed by atoms with E-state index < -0.39 is 5.60 Å². The van der Waals surface area contributed by atoms with Gasteiger partial charge in [0, 0.05) is 32.7 Å². The summed E-state index contributed by atoms with van der Waals surface area (Å²) in [5, 5.41) is 2.97. The van der Waals surface area contributed by atoms with E-state index in [-0.39, 0.29) is 23.2 Å². The summed E-state index contributed by atoms with van der Waals surface area (Å²) in [4.78, 5) is 31.9. The summed E-state index contributed by atoms with van der Waals surface area (Å²) in [7, 11) is 1.77. The molecule has 1 amide bonds. The number of anilines is 1. The Morgan fingerprint density at radius 3 is 2.57 bits per heavy atom. The first-order valence-electron chi connectivity index (χ1n) is 10.6. The standard InChI is InChI=1S/C22H35N5O3/c1-21(2,3)14-27-16-10-11-17(24-18(16)25(7)20(27)29)26-12-8-9-15(13-26)23-19(28)30-22(4,5)6/h10-11,15H,8-9,12-14H2,1-7H3,(H,23,28)/t15-/m1/s1. The van der Waals surface area contributed by atoms with Crippen molar-refractivity contribution in [3.05, 3.63) is 22.6 Å². The molecule has 2 aromatic rings. The van der Waals surface area contributed by atoms with Crippen molar-refractivity contribution >= 4 is 23.1 Å². The predicted octanol–water partition coefficient (Wildman–Crippen LogP) is 3.27. The van der Waals surface area contributed by atoms with E-state index in [1.807, 2.05) is 32.9 Å².